The van der Waals surface area contributed by atoms with Crippen molar-refractivity contribution in [1.29, 1.82) is 0 Å². The standard InChI is InChI=1S/C23H27N3O7S/c1-33-18-7-9-19(10-8-18)34(31,32)26-15-13-25(14-16-26)21(27)12-11-20(23(29)30)24-22(28)17-5-3-2-4-6-17/h2-10,20H,11-16H2,1H3,(H,24,28)(H,29,30)/t20-/m0/s1. The number of rotatable bonds is 9. The molecule has 0 radical (unpaired) electrons. The number of piperazine rings is 1. The van der Waals surface area contributed by atoms with Crippen LogP contribution in [0.1, 0.15) is 23.2 Å². The zero-order chi connectivity index (χ0) is 24.7. The van der Waals surface area contributed by atoms with Crippen LogP contribution in [0.5, 0.6) is 5.75 Å². The Morgan fingerprint density at radius 1 is 1.00 bits per heavy atom. The molecule has 1 fully saturated rings. The Balaban J connectivity index is 1.52. The topological polar surface area (TPSA) is 133 Å². The minimum Gasteiger partial charge on any atom is -0.497 e. The van der Waals surface area contributed by atoms with Gasteiger partial charge in [-0.05, 0) is 42.8 Å². The summed E-state index contributed by atoms with van der Waals surface area (Å²) >= 11 is 0. The predicted molar refractivity (Wildman–Crippen MR) is 123 cm³/mol. The van der Waals surface area contributed by atoms with E-state index in [4.69, 9.17) is 4.74 Å². The lowest BCUT2D eigenvalue weighted by atomic mass is 10.1. The zero-order valence-electron chi connectivity index (χ0n) is 18.7. The molecule has 1 aliphatic heterocycles. The second-order valence-electron chi connectivity index (χ2n) is 7.73. The van der Waals surface area contributed by atoms with Crippen molar-refractivity contribution in [1.82, 2.24) is 14.5 Å². The smallest absolute Gasteiger partial charge is 0.326 e. The minimum absolute atomic E-state index is 0.0723. The highest BCUT2D eigenvalue weighted by Crippen LogP contribution is 2.21. The second-order valence-corrected chi connectivity index (χ2v) is 9.67. The number of methoxy groups -OCH3 is 1. The van der Waals surface area contributed by atoms with E-state index in [0.29, 0.717) is 11.3 Å². The molecule has 0 unspecified atom stereocenters. The number of carbonyl (C=O) groups is 3. The lowest BCUT2D eigenvalue weighted by Crippen LogP contribution is -2.50. The first-order chi connectivity index (χ1) is 16.2. The van der Waals surface area contributed by atoms with Gasteiger partial charge in [-0.25, -0.2) is 13.2 Å². The molecule has 182 valence electrons. The third-order valence-corrected chi connectivity index (χ3v) is 7.49. The van der Waals surface area contributed by atoms with E-state index in [1.807, 2.05) is 0 Å². The number of nitrogens with one attached hydrogen (secondary N) is 1. The average molecular weight is 490 g/mol. The number of benzene rings is 2. The van der Waals surface area contributed by atoms with E-state index in [1.54, 1.807) is 42.5 Å². The van der Waals surface area contributed by atoms with Gasteiger partial charge in [0.05, 0.1) is 12.0 Å². The molecule has 1 atom stereocenters. The fourth-order valence-corrected chi connectivity index (χ4v) is 5.01. The van der Waals surface area contributed by atoms with Gasteiger partial charge in [0.25, 0.3) is 5.91 Å². The average Bonchev–Trinajstić information content (AvgIpc) is 2.86. The number of hydrogen-bond donors (Lipinski definition) is 2. The number of hydrogen-bond acceptors (Lipinski definition) is 6. The van der Waals surface area contributed by atoms with E-state index in [2.05, 4.69) is 5.32 Å². The van der Waals surface area contributed by atoms with E-state index >= 15 is 0 Å². The Labute approximate surface area is 198 Å². The molecule has 1 heterocycles. The molecule has 0 aliphatic carbocycles. The summed E-state index contributed by atoms with van der Waals surface area (Å²) in [5.41, 5.74) is 0.328. The number of aliphatic carboxylic acids is 1. The summed E-state index contributed by atoms with van der Waals surface area (Å²) in [5, 5.41) is 11.9. The maximum absolute atomic E-state index is 12.8. The van der Waals surface area contributed by atoms with Crippen molar-refractivity contribution in [2.24, 2.45) is 0 Å². The molecule has 0 aromatic heterocycles. The van der Waals surface area contributed by atoms with Crippen LogP contribution >= 0.6 is 0 Å². The molecule has 11 heteroatoms. The van der Waals surface area contributed by atoms with Crippen LogP contribution in [-0.2, 0) is 19.6 Å². The summed E-state index contributed by atoms with van der Waals surface area (Å²) in [6.07, 6.45) is -0.158. The zero-order valence-corrected chi connectivity index (χ0v) is 19.5. The van der Waals surface area contributed by atoms with E-state index in [1.165, 1.54) is 28.4 Å². The van der Waals surface area contributed by atoms with E-state index in [-0.39, 0.29) is 49.8 Å². The molecule has 0 spiro atoms. The largest absolute Gasteiger partial charge is 0.497 e. The van der Waals surface area contributed by atoms with Gasteiger partial charge in [0, 0.05) is 38.2 Å². The van der Waals surface area contributed by atoms with Gasteiger partial charge in [0.2, 0.25) is 15.9 Å². The van der Waals surface area contributed by atoms with Crippen molar-refractivity contribution in [3.63, 3.8) is 0 Å². The maximum atomic E-state index is 12.8. The number of nitrogens with zero attached hydrogens (tertiary/aromatic N) is 2. The van der Waals surface area contributed by atoms with Crippen molar-refractivity contribution in [2.75, 3.05) is 33.3 Å². The summed E-state index contributed by atoms with van der Waals surface area (Å²) in [6, 6.07) is 13.1. The van der Waals surface area contributed by atoms with Gasteiger partial charge < -0.3 is 20.1 Å². The number of sulfonamides is 1. The Hall–Kier alpha value is -3.44. The number of carboxylic acid groups (broad SMARTS) is 1. The molecular formula is C23H27N3O7S. The van der Waals surface area contributed by atoms with Crippen LogP contribution in [0.3, 0.4) is 0 Å². The molecule has 34 heavy (non-hydrogen) atoms. The Morgan fingerprint density at radius 3 is 2.18 bits per heavy atom. The SMILES string of the molecule is COc1ccc(S(=O)(=O)N2CCN(C(=O)CC[C@H](NC(=O)c3ccccc3)C(=O)O)CC2)cc1. The monoisotopic (exact) mass is 489 g/mol. The number of carbonyl (C=O) groups excluding carboxylic acids is 2. The van der Waals surface area contributed by atoms with Gasteiger partial charge in [-0.3, -0.25) is 9.59 Å². The van der Waals surface area contributed by atoms with Gasteiger partial charge in [-0.1, -0.05) is 18.2 Å². The highest BCUT2D eigenvalue weighted by Gasteiger charge is 2.31. The van der Waals surface area contributed by atoms with Crippen molar-refractivity contribution >= 4 is 27.8 Å². The molecule has 1 saturated heterocycles. The normalized spacial score (nSPS) is 15.4. The van der Waals surface area contributed by atoms with Crippen molar-refractivity contribution < 1.29 is 32.6 Å². The van der Waals surface area contributed by atoms with Crippen LogP contribution in [-0.4, -0.2) is 79.8 Å². The quantitative estimate of drug-likeness (QED) is 0.541. The predicted octanol–water partition coefficient (Wildman–Crippen LogP) is 1.19. The molecule has 1 aliphatic rings. The molecular weight excluding hydrogens is 462 g/mol. The number of carboxylic acids is 1. The highest BCUT2D eigenvalue weighted by molar-refractivity contribution is 7.89. The summed E-state index contributed by atoms with van der Waals surface area (Å²) < 4.78 is 32.1. The maximum Gasteiger partial charge on any atom is 0.326 e. The lowest BCUT2D eigenvalue weighted by molar-refractivity contribution is -0.139. The van der Waals surface area contributed by atoms with Crippen LogP contribution < -0.4 is 10.1 Å². The summed E-state index contributed by atoms with van der Waals surface area (Å²) in [4.78, 5) is 38.1. The molecule has 2 aromatic carbocycles. The second kappa shape index (κ2) is 11.1. The number of ether oxygens (including phenoxy) is 1. The molecule has 2 N–H and O–H groups in total. The van der Waals surface area contributed by atoms with Gasteiger partial charge in [0.1, 0.15) is 11.8 Å². The van der Waals surface area contributed by atoms with Gasteiger partial charge in [-0.15, -0.1) is 0 Å². The summed E-state index contributed by atoms with van der Waals surface area (Å²) in [5.74, 6) is -1.50. The fourth-order valence-electron chi connectivity index (χ4n) is 3.59. The third kappa shape index (κ3) is 6.12. The van der Waals surface area contributed by atoms with Crippen molar-refractivity contribution in [2.45, 2.75) is 23.8 Å². The number of amides is 2. The molecule has 0 saturated carbocycles. The summed E-state index contributed by atoms with van der Waals surface area (Å²) in [6.45, 7) is 0.658. The van der Waals surface area contributed by atoms with E-state index in [0.717, 1.165) is 0 Å². The Kier molecular flexibility index (Phi) is 8.24. The minimum atomic E-state index is -3.70. The molecule has 3 rings (SSSR count). The van der Waals surface area contributed by atoms with Crippen LogP contribution in [0, 0.1) is 0 Å². The summed E-state index contributed by atoms with van der Waals surface area (Å²) in [7, 11) is -2.20. The van der Waals surface area contributed by atoms with E-state index < -0.39 is 27.9 Å². The third-order valence-electron chi connectivity index (χ3n) is 5.57. The van der Waals surface area contributed by atoms with Crippen molar-refractivity contribution in [3.05, 3.63) is 60.2 Å². The first-order valence-electron chi connectivity index (χ1n) is 10.7. The molecule has 0 bridgehead atoms. The highest BCUT2D eigenvalue weighted by atomic mass is 32.2. The fraction of sp³-hybridized carbons (Fsp3) is 0.348. The van der Waals surface area contributed by atoms with E-state index in [9.17, 15) is 27.9 Å². The van der Waals surface area contributed by atoms with Crippen LogP contribution in [0.2, 0.25) is 0 Å². The lowest BCUT2D eigenvalue weighted by Gasteiger charge is -2.34. The molecule has 2 amide bonds. The van der Waals surface area contributed by atoms with Crippen LogP contribution in [0.15, 0.2) is 59.5 Å². The van der Waals surface area contributed by atoms with Gasteiger partial charge >= 0.3 is 5.97 Å². The first kappa shape index (κ1) is 25.2. The Morgan fingerprint density at radius 2 is 1.62 bits per heavy atom. The first-order valence-corrected chi connectivity index (χ1v) is 12.2. The molecule has 2 aromatic rings. The van der Waals surface area contributed by atoms with Crippen molar-refractivity contribution in [3.8, 4) is 5.75 Å². The molecule has 10 nitrogen and oxygen atoms in total. The van der Waals surface area contributed by atoms with Crippen LogP contribution in [0.25, 0.3) is 0 Å². The van der Waals surface area contributed by atoms with Crippen LogP contribution in [0.4, 0.5) is 0 Å². The Bertz CT molecular complexity index is 1110. The van der Waals surface area contributed by atoms with Gasteiger partial charge in [0.15, 0.2) is 0 Å². The van der Waals surface area contributed by atoms with Gasteiger partial charge in [-0.2, -0.15) is 4.31 Å².